The lowest BCUT2D eigenvalue weighted by Gasteiger charge is -2.41. The molecule has 2 heterocycles. The van der Waals surface area contributed by atoms with Crippen LogP contribution < -0.4 is 4.90 Å². The Hall–Kier alpha value is -1.66. The van der Waals surface area contributed by atoms with Gasteiger partial charge in [0, 0.05) is 64.1 Å². The lowest BCUT2D eigenvalue weighted by molar-refractivity contribution is -0.134. The van der Waals surface area contributed by atoms with Crippen molar-refractivity contribution in [1.29, 1.82) is 0 Å². The molecule has 3 aliphatic rings. The fourth-order valence-corrected chi connectivity index (χ4v) is 5.06. The zero-order valence-electron chi connectivity index (χ0n) is 17.8. The van der Waals surface area contributed by atoms with E-state index in [1.165, 1.54) is 32.1 Å². The van der Waals surface area contributed by atoms with E-state index in [9.17, 15) is 9.18 Å². The Bertz CT molecular complexity index is 690. The number of rotatable bonds is 4. The van der Waals surface area contributed by atoms with Crippen LogP contribution in [0.15, 0.2) is 18.2 Å². The Labute approximate surface area is 174 Å². The predicted octanol–water partition coefficient (Wildman–Crippen LogP) is 2.73. The molecule has 29 heavy (non-hydrogen) atoms. The third-order valence-electron chi connectivity index (χ3n) is 7.00. The Balaban J connectivity index is 1.20. The fourth-order valence-electron chi connectivity index (χ4n) is 5.06. The summed E-state index contributed by atoms with van der Waals surface area (Å²) in [5.41, 5.74) is 1.76. The molecule has 5 nitrogen and oxygen atoms in total. The standard InChI is InChI=1S/C23H35FN4O/c1-19-17-21(7-8-22(19)24)27-11-9-25(10-12-27)18-23(29)28-15-13-26(14-16-28)20-5-3-2-4-6-20/h7-8,17,20H,2-6,9-16,18H2,1H3. The van der Waals surface area contributed by atoms with E-state index in [1.54, 1.807) is 6.07 Å². The van der Waals surface area contributed by atoms with Gasteiger partial charge in [-0.25, -0.2) is 4.39 Å². The molecule has 0 unspecified atom stereocenters. The molecule has 1 aromatic rings. The topological polar surface area (TPSA) is 30.0 Å². The number of hydrogen-bond donors (Lipinski definition) is 0. The lowest BCUT2D eigenvalue weighted by Crippen LogP contribution is -2.55. The van der Waals surface area contributed by atoms with Gasteiger partial charge in [0.15, 0.2) is 0 Å². The number of amides is 1. The number of carbonyl (C=O) groups excluding carboxylic acids is 1. The van der Waals surface area contributed by atoms with Crippen molar-refractivity contribution < 1.29 is 9.18 Å². The molecule has 160 valence electrons. The van der Waals surface area contributed by atoms with Crippen molar-refractivity contribution in [2.45, 2.75) is 45.1 Å². The summed E-state index contributed by atoms with van der Waals surface area (Å²) in [7, 11) is 0. The number of benzene rings is 1. The van der Waals surface area contributed by atoms with E-state index in [2.05, 4.69) is 19.6 Å². The van der Waals surface area contributed by atoms with Crippen LogP contribution in [0.5, 0.6) is 0 Å². The second-order valence-corrected chi connectivity index (χ2v) is 8.91. The summed E-state index contributed by atoms with van der Waals surface area (Å²) in [5.74, 6) is 0.126. The molecule has 3 fully saturated rings. The third kappa shape index (κ3) is 5.10. The van der Waals surface area contributed by atoms with Gasteiger partial charge in [-0.15, -0.1) is 0 Å². The average Bonchev–Trinajstić information content (AvgIpc) is 2.77. The molecule has 2 saturated heterocycles. The maximum absolute atomic E-state index is 13.5. The Morgan fingerprint density at radius 3 is 2.31 bits per heavy atom. The lowest BCUT2D eigenvalue weighted by atomic mass is 9.94. The highest BCUT2D eigenvalue weighted by atomic mass is 19.1. The number of aryl methyl sites for hydroxylation is 1. The molecule has 0 N–H and O–H groups in total. The minimum Gasteiger partial charge on any atom is -0.369 e. The fraction of sp³-hybridized carbons (Fsp3) is 0.696. The maximum atomic E-state index is 13.5. The smallest absolute Gasteiger partial charge is 0.236 e. The van der Waals surface area contributed by atoms with Crippen LogP contribution in [0.4, 0.5) is 10.1 Å². The molecule has 0 aromatic heterocycles. The summed E-state index contributed by atoms with van der Waals surface area (Å²) in [6.45, 7) is 9.69. The van der Waals surface area contributed by atoms with Gasteiger partial charge in [0.1, 0.15) is 5.82 Å². The first kappa shape index (κ1) is 20.6. The first-order chi connectivity index (χ1) is 14.1. The van der Waals surface area contributed by atoms with Crippen LogP contribution in [-0.2, 0) is 4.79 Å². The van der Waals surface area contributed by atoms with Gasteiger partial charge < -0.3 is 9.80 Å². The van der Waals surface area contributed by atoms with E-state index >= 15 is 0 Å². The summed E-state index contributed by atoms with van der Waals surface area (Å²) in [5, 5.41) is 0. The molecule has 1 aliphatic carbocycles. The number of halogens is 1. The van der Waals surface area contributed by atoms with E-state index in [-0.39, 0.29) is 11.7 Å². The van der Waals surface area contributed by atoms with E-state index < -0.39 is 0 Å². The zero-order chi connectivity index (χ0) is 20.2. The van der Waals surface area contributed by atoms with Gasteiger partial charge in [0.25, 0.3) is 0 Å². The van der Waals surface area contributed by atoms with Crippen LogP contribution in [0.25, 0.3) is 0 Å². The van der Waals surface area contributed by atoms with Crippen molar-refractivity contribution >= 4 is 11.6 Å². The number of anilines is 1. The molecule has 0 bridgehead atoms. The van der Waals surface area contributed by atoms with Gasteiger partial charge in [-0.05, 0) is 43.5 Å². The molecule has 0 radical (unpaired) electrons. The highest BCUT2D eigenvalue weighted by Crippen LogP contribution is 2.24. The summed E-state index contributed by atoms with van der Waals surface area (Å²) in [4.78, 5) is 22.0. The molecule has 0 spiro atoms. The predicted molar refractivity (Wildman–Crippen MR) is 115 cm³/mol. The first-order valence-corrected chi connectivity index (χ1v) is 11.4. The van der Waals surface area contributed by atoms with Crippen molar-refractivity contribution in [3.63, 3.8) is 0 Å². The largest absolute Gasteiger partial charge is 0.369 e. The van der Waals surface area contributed by atoms with Gasteiger partial charge in [-0.2, -0.15) is 0 Å². The van der Waals surface area contributed by atoms with Gasteiger partial charge in [-0.3, -0.25) is 14.6 Å². The van der Waals surface area contributed by atoms with Crippen molar-refractivity contribution in [2.75, 3.05) is 63.8 Å². The van der Waals surface area contributed by atoms with Crippen molar-refractivity contribution in [2.24, 2.45) is 0 Å². The van der Waals surface area contributed by atoms with Crippen LogP contribution in [0.3, 0.4) is 0 Å². The van der Waals surface area contributed by atoms with Gasteiger partial charge in [0.05, 0.1) is 6.54 Å². The second kappa shape index (κ2) is 9.43. The van der Waals surface area contributed by atoms with E-state index in [1.807, 2.05) is 19.1 Å². The number of nitrogens with zero attached hydrogens (tertiary/aromatic N) is 4. The number of piperazine rings is 2. The van der Waals surface area contributed by atoms with E-state index in [0.717, 1.165) is 64.1 Å². The number of hydrogen-bond acceptors (Lipinski definition) is 4. The second-order valence-electron chi connectivity index (χ2n) is 8.91. The van der Waals surface area contributed by atoms with E-state index in [0.29, 0.717) is 12.1 Å². The summed E-state index contributed by atoms with van der Waals surface area (Å²) >= 11 is 0. The third-order valence-corrected chi connectivity index (χ3v) is 7.00. The van der Waals surface area contributed by atoms with Crippen LogP contribution in [0.1, 0.15) is 37.7 Å². The first-order valence-electron chi connectivity index (χ1n) is 11.4. The number of carbonyl (C=O) groups is 1. The van der Waals surface area contributed by atoms with Crippen molar-refractivity contribution in [1.82, 2.24) is 14.7 Å². The van der Waals surface area contributed by atoms with Crippen LogP contribution in [0.2, 0.25) is 0 Å². The molecule has 1 saturated carbocycles. The highest BCUT2D eigenvalue weighted by Gasteiger charge is 2.28. The normalized spacial score (nSPS) is 22.8. The zero-order valence-corrected chi connectivity index (χ0v) is 17.8. The van der Waals surface area contributed by atoms with Crippen LogP contribution >= 0.6 is 0 Å². The molecule has 1 aromatic carbocycles. The maximum Gasteiger partial charge on any atom is 0.236 e. The quantitative estimate of drug-likeness (QED) is 0.775. The van der Waals surface area contributed by atoms with Crippen LogP contribution in [-0.4, -0.2) is 85.6 Å². The molecular weight excluding hydrogens is 367 g/mol. The molecule has 6 heteroatoms. The van der Waals surface area contributed by atoms with Crippen molar-refractivity contribution in [3.05, 3.63) is 29.6 Å². The Morgan fingerprint density at radius 2 is 1.66 bits per heavy atom. The van der Waals surface area contributed by atoms with Gasteiger partial charge >= 0.3 is 0 Å². The summed E-state index contributed by atoms with van der Waals surface area (Å²) in [6, 6.07) is 6.08. The molecular formula is C23H35FN4O. The van der Waals surface area contributed by atoms with E-state index in [4.69, 9.17) is 0 Å². The Morgan fingerprint density at radius 1 is 0.966 bits per heavy atom. The average molecular weight is 403 g/mol. The van der Waals surface area contributed by atoms with Crippen LogP contribution in [0, 0.1) is 12.7 Å². The SMILES string of the molecule is Cc1cc(N2CCN(CC(=O)N3CCN(C4CCCCC4)CC3)CC2)ccc1F. The Kier molecular flexibility index (Phi) is 6.70. The molecule has 4 rings (SSSR count). The van der Waals surface area contributed by atoms with Gasteiger partial charge in [-0.1, -0.05) is 19.3 Å². The summed E-state index contributed by atoms with van der Waals surface area (Å²) in [6.07, 6.45) is 6.81. The molecule has 2 aliphatic heterocycles. The minimum absolute atomic E-state index is 0.151. The highest BCUT2D eigenvalue weighted by molar-refractivity contribution is 5.78. The van der Waals surface area contributed by atoms with Crippen molar-refractivity contribution in [3.8, 4) is 0 Å². The molecule has 1 amide bonds. The van der Waals surface area contributed by atoms with Gasteiger partial charge in [0.2, 0.25) is 5.91 Å². The summed E-state index contributed by atoms with van der Waals surface area (Å²) < 4.78 is 13.5. The molecule has 0 atom stereocenters. The monoisotopic (exact) mass is 402 g/mol. The minimum atomic E-state index is -0.151.